The van der Waals surface area contributed by atoms with Gasteiger partial charge >= 0.3 is 6.09 Å². The number of hydrogen-bond donors (Lipinski definition) is 2. The first-order chi connectivity index (χ1) is 11.0. The van der Waals surface area contributed by atoms with Crippen LogP contribution in [0.25, 0.3) is 0 Å². The van der Waals surface area contributed by atoms with Crippen LogP contribution >= 0.6 is 0 Å². The first kappa shape index (κ1) is 18.5. The van der Waals surface area contributed by atoms with E-state index in [1.807, 2.05) is 13.8 Å². The summed E-state index contributed by atoms with van der Waals surface area (Å²) in [4.78, 5) is 40.0. The average molecular weight is 340 g/mol. The van der Waals surface area contributed by atoms with Gasteiger partial charge in [-0.3, -0.25) is 9.59 Å². The standard InChI is InChI=1S/C16H28N4O4/c1-6-10(18-13(22)15(2,3)17)12(21)20-8-7-11-16(4,9-20)19(5)14(23)24-11/h10-11H,6-9,17H2,1-5H3,(H,18,22)/t10-,11?,16?/m1/s1. The number of ether oxygens (including phenoxy) is 1. The molecule has 0 aromatic rings. The summed E-state index contributed by atoms with van der Waals surface area (Å²) in [6.07, 6.45) is 0.493. The van der Waals surface area contributed by atoms with Crippen LogP contribution in [0.1, 0.15) is 40.5 Å². The number of likely N-dealkylation sites (N-methyl/N-ethyl adjacent to an activating group) is 1. The highest BCUT2D eigenvalue weighted by atomic mass is 16.6. The minimum absolute atomic E-state index is 0.150. The summed E-state index contributed by atoms with van der Waals surface area (Å²) >= 11 is 0. The van der Waals surface area contributed by atoms with E-state index in [1.54, 1.807) is 30.7 Å². The molecule has 2 aliphatic rings. The maximum absolute atomic E-state index is 12.8. The molecule has 2 heterocycles. The van der Waals surface area contributed by atoms with E-state index in [0.29, 0.717) is 25.9 Å². The van der Waals surface area contributed by atoms with Crippen LogP contribution in [-0.2, 0) is 14.3 Å². The van der Waals surface area contributed by atoms with Gasteiger partial charge in [0, 0.05) is 26.6 Å². The Bertz CT molecular complexity index is 545. The molecule has 0 radical (unpaired) electrons. The predicted molar refractivity (Wildman–Crippen MR) is 88.1 cm³/mol. The maximum Gasteiger partial charge on any atom is 0.410 e. The average Bonchev–Trinajstić information content (AvgIpc) is 2.73. The topological polar surface area (TPSA) is 105 Å². The summed E-state index contributed by atoms with van der Waals surface area (Å²) in [6.45, 7) is 7.85. The number of amides is 3. The zero-order valence-corrected chi connectivity index (χ0v) is 15.1. The molecule has 2 unspecified atom stereocenters. The van der Waals surface area contributed by atoms with Gasteiger partial charge in [0.2, 0.25) is 11.8 Å². The fourth-order valence-corrected chi connectivity index (χ4v) is 3.16. The lowest BCUT2D eigenvalue weighted by molar-refractivity contribution is -0.141. The third-order valence-electron chi connectivity index (χ3n) is 5.06. The molecule has 2 saturated heterocycles. The Balaban J connectivity index is 2.09. The predicted octanol–water partition coefficient (Wildman–Crippen LogP) is 0.0601. The van der Waals surface area contributed by atoms with Crippen LogP contribution in [0, 0.1) is 0 Å². The van der Waals surface area contributed by atoms with Crippen molar-refractivity contribution in [1.29, 1.82) is 0 Å². The number of nitrogens with one attached hydrogen (secondary N) is 1. The summed E-state index contributed by atoms with van der Waals surface area (Å²) in [5, 5.41) is 2.73. The van der Waals surface area contributed by atoms with E-state index in [9.17, 15) is 14.4 Å². The number of nitrogens with zero attached hydrogens (tertiary/aromatic N) is 2. The van der Waals surface area contributed by atoms with Crippen molar-refractivity contribution in [2.75, 3.05) is 20.1 Å². The van der Waals surface area contributed by atoms with Crippen molar-refractivity contribution in [2.45, 2.75) is 63.8 Å². The minimum atomic E-state index is -1.04. The molecule has 3 atom stereocenters. The van der Waals surface area contributed by atoms with E-state index in [-0.39, 0.29) is 24.0 Å². The monoisotopic (exact) mass is 340 g/mol. The van der Waals surface area contributed by atoms with Gasteiger partial charge in [-0.25, -0.2) is 4.79 Å². The van der Waals surface area contributed by atoms with E-state index in [4.69, 9.17) is 10.5 Å². The third kappa shape index (κ3) is 3.19. The van der Waals surface area contributed by atoms with Crippen LogP contribution in [0.3, 0.4) is 0 Å². The Labute approximate surface area is 142 Å². The zero-order chi connectivity index (χ0) is 18.3. The highest BCUT2D eigenvalue weighted by Gasteiger charge is 2.53. The summed E-state index contributed by atoms with van der Waals surface area (Å²) in [5.74, 6) is -0.511. The summed E-state index contributed by atoms with van der Waals surface area (Å²) in [6, 6.07) is -0.621. The normalized spacial score (nSPS) is 28.2. The van der Waals surface area contributed by atoms with Gasteiger partial charge in [0.05, 0.1) is 11.1 Å². The van der Waals surface area contributed by atoms with Crippen molar-refractivity contribution >= 4 is 17.9 Å². The quantitative estimate of drug-likeness (QED) is 0.753. The second kappa shape index (κ2) is 6.23. The van der Waals surface area contributed by atoms with Crippen LogP contribution in [0.15, 0.2) is 0 Å². The van der Waals surface area contributed by atoms with Crippen molar-refractivity contribution in [1.82, 2.24) is 15.1 Å². The lowest BCUT2D eigenvalue weighted by atomic mass is 9.87. The summed E-state index contributed by atoms with van der Waals surface area (Å²) in [7, 11) is 1.69. The van der Waals surface area contributed by atoms with Crippen LogP contribution in [-0.4, -0.2) is 71.1 Å². The van der Waals surface area contributed by atoms with Crippen molar-refractivity contribution in [3.63, 3.8) is 0 Å². The van der Waals surface area contributed by atoms with Crippen LogP contribution in [0.4, 0.5) is 4.79 Å². The molecule has 2 fully saturated rings. The van der Waals surface area contributed by atoms with Gasteiger partial charge in [-0.05, 0) is 27.2 Å². The summed E-state index contributed by atoms with van der Waals surface area (Å²) < 4.78 is 5.37. The van der Waals surface area contributed by atoms with Crippen molar-refractivity contribution in [3.8, 4) is 0 Å². The third-order valence-corrected chi connectivity index (χ3v) is 5.06. The largest absolute Gasteiger partial charge is 0.443 e. The molecular weight excluding hydrogens is 312 g/mol. The van der Waals surface area contributed by atoms with E-state index < -0.39 is 17.1 Å². The maximum atomic E-state index is 12.8. The van der Waals surface area contributed by atoms with E-state index in [0.717, 1.165) is 0 Å². The molecule has 3 amide bonds. The number of rotatable bonds is 4. The molecule has 3 N–H and O–H groups in total. The molecule has 2 rings (SSSR count). The number of likely N-dealkylation sites (tertiary alicyclic amines) is 1. The molecule has 0 aromatic heterocycles. The molecular formula is C16H28N4O4. The molecule has 0 aromatic carbocycles. The van der Waals surface area contributed by atoms with E-state index in [1.165, 1.54) is 0 Å². The summed E-state index contributed by atoms with van der Waals surface area (Å²) in [5.41, 5.74) is 4.20. The molecule has 8 nitrogen and oxygen atoms in total. The number of carbonyl (C=O) groups excluding carboxylic acids is 3. The lowest BCUT2D eigenvalue weighted by Gasteiger charge is -2.43. The fourth-order valence-electron chi connectivity index (χ4n) is 3.16. The van der Waals surface area contributed by atoms with Gasteiger partial charge in [0.15, 0.2) is 0 Å². The Kier molecular flexibility index (Phi) is 4.81. The molecule has 0 bridgehead atoms. The second-order valence-electron chi connectivity index (χ2n) is 7.49. The Hall–Kier alpha value is -1.83. The van der Waals surface area contributed by atoms with Gasteiger partial charge in [-0.15, -0.1) is 0 Å². The number of fused-ring (bicyclic) bond motifs is 1. The molecule has 0 spiro atoms. The van der Waals surface area contributed by atoms with Crippen LogP contribution < -0.4 is 11.1 Å². The van der Waals surface area contributed by atoms with Crippen LogP contribution in [0.5, 0.6) is 0 Å². The second-order valence-corrected chi connectivity index (χ2v) is 7.49. The van der Waals surface area contributed by atoms with Crippen LogP contribution in [0.2, 0.25) is 0 Å². The van der Waals surface area contributed by atoms with Crippen molar-refractivity contribution < 1.29 is 19.1 Å². The number of hydrogen-bond acceptors (Lipinski definition) is 5. The molecule has 24 heavy (non-hydrogen) atoms. The van der Waals surface area contributed by atoms with Gasteiger partial charge in [-0.2, -0.15) is 0 Å². The van der Waals surface area contributed by atoms with Gasteiger partial charge in [0.25, 0.3) is 0 Å². The van der Waals surface area contributed by atoms with E-state index >= 15 is 0 Å². The molecule has 8 heteroatoms. The van der Waals surface area contributed by atoms with Gasteiger partial charge in [-0.1, -0.05) is 6.92 Å². The molecule has 136 valence electrons. The molecule has 2 aliphatic heterocycles. The highest BCUT2D eigenvalue weighted by molar-refractivity contribution is 5.91. The van der Waals surface area contributed by atoms with E-state index in [2.05, 4.69) is 5.32 Å². The minimum Gasteiger partial charge on any atom is -0.443 e. The number of piperidine rings is 1. The van der Waals surface area contributed by atoms with Crippen molar-refractivity contribution in [2.24, 2.45) is 5.73 Å². The SMILES string of the molecule is CC[C@@H](NC(=O)C(C)(C)N)C(=O)N1CCC2OC(=O)N(C)C2(C)C1. The Morgan fingerprint density at radius 2 is 2.12 bits per heavy atom. The zero-order valence-electron chi connectivity index (χ0n) is 15.1. The first-order valence-corrected chi connectivity index (χ1v) is 8.33. The first-order valence-electron chi connectivity index (χ1n) is 8.33. The van der Waals surface area contributed by atoms with Gasteiger partial charge in [0.1, 0.15) is 12.1 Å². The molecule has 0 saturated carbocycles. The smallest absolute Gasteiger partial charge is 0.410 e. The fraction of sp³-hybridized carbons (Fsp3) is 0.812. The van der Waals surface area contributed by atoms with Crippen molar-refractivity contribution in [3.05, 3.63) is 0 Å². The highest BCUT2D eigenvalue weighted by Crippen LogP contribution is 2.35. The Morgan fingerprint density at radius 1 is 1.50 bits per heavy atom. The lowest BCUT2D eigenvalue weighted by Crippen LogP contribution is -2.63. The molecule has 0 aliphatic carbocycles. The number of carbonyl (C=O) groups is 3. The number of nitrogens with two attached hydrogens (primary N) is 1. The van der Waals surface area contributed by atoms with Gasteiger partial charge < -0.3 is 25.6 Å². The Morgan fingerprint density at radius 3 is 2.67 bits per heavy atom.